The van der Waals surface area contributed by atoms with E-state index in [-0.39, 0.29) is 0 Å². The van der Waals surface area contributed by atoms with Crippen molar-refractivity contribution in [3.63, 3.8) is 0 Å². The SMILES string of the molecule is Cc1cccc(C)c1CNc1ncc[nH]1. The Hall–Kier alpha value is -1.77. The largest absolute Gasteiger partial charge is 0.352 e. The molecule has 15 heavy (non-hydrogen) atoms. The second-order valence-corrected chi connectivity index (χ2v) is 3.66. The minimum absolute atomic E-state index is 0.812. The van der Waals surface area contributed by atoms with E-state index in [0.29, 0.717) is 0 Å². The lowest BCUT2D eigenvalue weighted by Gasteiger charge is -2.09. The normalized spacial score (nSPS) is 10.3. The van der Waals surface area contributed by atoms with Crippen LogP contribution < -0.4 is 5.32 Å². The number of hydrogen-bond acceptors (Lipinski definition) is 2. The average molecular weight is 201 g/mol. The topological polar surface area (TPSA) is 40.7 Å². The number of hydrogen-bond donors (Lipinski definition) is 2. The third kappa shape index (κ3) is 2.18. The molecule has 0 unspecified atom stereocenters. The third-order valence-electron chi connectivity index (χ3n) is 2.58. The van der Waals surface area contributed by atoms with Gasteiger partial charge in [-0.3, -0.25) is 0 Å². The van der Waals surface area contributed by atoms with E-state index in [1.807, 2.05) is 6.20 Å². The van der Waals surface area contributed by atoms with E-state index in [4.69, 9.17) is 0 Å². The lowest BCUT2D eigenvalue weighted by molar-refractivity contribution is 1.05. The summed E-state index contributed by atoms with van der Waals surface area (Å²) in [4.78, 5) is 7.15. The highest BCUT2D eigenvalue weighted by molar-refractivity contribution is 5.36. The van der Waals surface area contributed by atoms with Crippen LogP contribution in [0.4, 0.5) is 5.95 Å². The van der Waals surface area contributed by atoms with Gasteiger partial charge >= 0.3 is 0 Å². The first-order chi connectivity index (χ1) is 7.27. The van der Waals surface area contributed by atoms with Crippen molar-refractivity contribution in [3.05, 3.63) is 47.3 Å². The molecule has 3 nitrogen and oxygen atoms in total. The molecule has 0 fully saturated rings. The van der Waals surface area contributed by atoms with Crippen LogP contribution in [0.25, 0.3) is 0 Å². The van der Waals surface area contributed by atoms with Gasteiger partial charge in [-0.2, -0.15) is 0 Å². The van der Waals surface area contributed by atoms with Crippen molar-refractivity contribution in [1.82, 2.24) is 9.97 Å². The van der Waals surface area contributed by atoms with E-state index >= 15 is 0 Å². The van der Waals surface area contributed by atoms with Gasteiger partial charge in [0.1, 0.15) is 0 Å². The Kier molecular flexibility index (Phi) is 2.72. The first kappa shape index (κ1) is 9.77. The molecule has 0 saturated heterocycles. The molecular weight excluding hydrogens is 186 g/mol. The summed E-state index contributed by atoms with van der Waals surface area (Å²) in [5.74, 6) is 0.817. The fraction of sp³-hybridized carbons (Fsp3) is 0.250. The number of H-pyrrole nitrogens is 1. The standard InChI is InChI=1S/C12H15N3/c1-9-4-3-5-10(2)11(9)8-15-12-13-6-7-14-12/h3-7H,8H2,1-2H3,(H2,13,14,15). The zero-order valence-corrected chi connectivity index (χ0v) is 9.04. The Balaban J connectivity index is 2.11. The van der Waals surface area contributed by atoms with Crippen LogP contribution in [0, 0.1) is 13.8 Å². The van der Waals surface area contributed by atoms with E-state index in [1.54, 1.807) is 6.20 Å². The van der Waals surface area contributed by atoms with Crippen LogP contribution in [-0.2, 0) is 6.54 Å². The number of aryl methyl sites for hydroxylation is 2. The van der Waals surface area contributed by atoms with Gasteiger partial charge < -0.3 is 10.3 Å². The molecule has 3 heteroatoms. The maximum atomic E-state index is 4.12. The van der Waals surface area contributed by atoms with Crippen LogP contribution in [-0.4, -0.2) is 9.97 Å². The first-order valence-electron chi connectivity index (χ1n) is 5.05. The van der Waals surface area contributed by atoms with Gasteiger partial charge in [0.25, 0.3) is 0 Å². The van der Waals surface area contributed by atoms with E-state index < -0.39 is 0 Å². The maximum absolute atomic E-state index is 4.12. The van der Waals surface area contributed by atoms with Crippen molar-refractivity contribution in [2.75, 3.05) is 5.32 Å². The predicted molar refractivity (Wildman–Crippen MR) is 61.8 cm³/mol. The highest BCUT2D eigenvalue weighted by atomic mass is 15.1. The molecule has 0 aliphatic carbocycles. The number of rotatable bonds is 3. The van der Waals surface area contributed by atoms with Gasteiger partial charge in [-0.25, -0.2) is 4.98 Å². The molecule has 2 aromatic rings. The number of imidazole rings is 1. The molecule has 1 aromatic heterocycles. The van der Waals surface area contributed by atoms with E-state index in [9.17, 15) is 0 Å². The quantitative estimate of drug-likeness (QED) is 0.801. The zero-order valence-electron chi connectivity index (χ0n) is 9.04. The molecule has 2 rings (SSSR count). The molecular formula is C12H15N3. The van der Waals surface area contributed by atoms with Crippen LogP contribution >= 0.6 is 0 Å². The molecule has 0 aliphatic heterocycles. The number of nitrogens with zero attached hydrogens (tertiary/aromatic N) is 1. The number of anilines is 1. The summed E-state index contributed by atoms with van der Waals surface area (Å²) >= 11 is 0. The molecule has 2 N–H and O–H groups in total. The lowest BCUT2D eigenvalue weighted by atomic mass is 10.0. The van der Waals surface area contributed by atoms with Crippen LogP contribution in [0.15, 0.2) is 30.6 Å². The summed E-state index contributed by atoms with van der Waals surface area (Å²) in [6.45, 7) is 5.07. The van der Waals surface area contributed by atoms with E-state index in [2.05, 4.69) is 47.3 Å². The monoisotopic (exact) mass is 201 g/mol. The van der Waals surface area contributed by atoms with Gasteiger partial charge in [-0.15, -0.1) is 0 Å². The smallest absolute Gasteiger partial charge is 0.200 e. The fourth-order valence-corrected chi connectivity index (χ4v) is 1.66. The summed E-state index contributed by atoms with van der Waals surface area (Å²) < 4.78 is 0. The highest BCUT2D eigenvalue weighted by Crippen LogP contribution is 2.14. The third-order valence-corrected chi connectivity index (χ3v) is 2.58. The molecule has 1 heterocycles. The van der Waals surface area contributed by atoms with E-state index in [1.165, 1.54) is 16.7 Å². The first-order valence-corrected chi connectivity index (χ1v) is 5.05. The van der Waals surface area contributed by atoms with Crippen molar-refractivity contribution < 1.29 is 0 Å². The van der Waals surface area contributed by atoms with Gasteiger partial charge in [0.15, 0.2) is 5.95 Å². The van der Waals surface area contributed by atoms with Crippen molar-refractivity contribution in [3.8, 4) is 0 Å². The predicted octanol–water partition coefficient (Wildman–Crippen LogP) is 2.64. The number of nitrogens with one attached hydrogen (secondary N) is 2. The Morgan fingerprint density at radius 3 is 2.60 bits per heavy atom. The van der Waals surface area contributed by atoms with Gasteiger partial charge in [-0.05, 0) is 30.5 Å². The summed E-state index contributed by atoms with van der Waals surface area (Å²) in [5.41, 5.74) is 3.97. The summed E-state index contributed by atoms with van der Waals surface area (Å²) in [6, 6.07) is 6.35. The van der Waals surface area contributed by atoms with Crippen molar-refractivity contribution >= 4 is 5.95 Å². The Morgan fingerprint density at radius 2 is 2.00 bits per heavy atom. The number of aromatic amines is 1. The molecule has 0 spiro atoms. The molecule has 0 saturated carbocycles. The van der Waals surface area contributed by atoms with E-state index in [0.717, 1.165) is 12.5 Å². The van der Waals surface area contributed by atoms with Crippen LogP contribution in [0.5, 0.6) is 0 Å². The van der Waals surface area contributed by atoms with Gasteiger partial charge in [0.05, 0.1) is 0 Å². The molecule has 78 valence electrons. The Morgan fingerprint density at radius 1 is 1.27 bits per heavy atom. The molecule has 0 radical (unpaired) electrons. The number of aromatic nitrogens is 2. The molecule has 0 atom stereocenters. The van der Waals surface area contributed by atoms with Crippen LogP contribution in [0.3, 0.4) is 0 Å². The molecule has 0 aliphatic rings. The second kappa shape index (κ2) is 4.17. The minimum atomic E-state index is 0.812. The Bertz CT molecular complexity index is 412. The summed E-state index contributed by atoms with van der Waals surface area (Å²) in [7, 11) is 0. The van der Waals surface area contributed by atoms with Gasteiger partial charge in [0, 0.05) is 18.9 Å². The zero-order chi connectivity index (χ0) is 10.7. The number of benzene rings is 1. The minimum Gasteiger partial charge on any atom is -0.352 e. The average Bonchev–Trinajstić information content (AvgIpc) is 2.70. The molecule has 0 bridgehead atoms. The molecule has 1 aromatic carbocycles. The van der Waals surface area contributed by atoms with Crippen molar-refractivity contribution in [2.45, 2.75) is 20.4 Å². The summed E-state index contributed by atoms with van der Waals surface area (Å²) in [6.07, 6.45) is 3.56. The lowest BCUT2D eigenvalue weighted by Crippen LogP contribution is -2.04. The van der Waals surface area contributed by atoms with Crippen molar-refractivity contribution in [2.24, 2.45) is 0 Å². The van der Waals surface area contributed by atoms with Crippen LogP contribution in [0.2, 0.25) is 0 Å². The van der Waals surface area contributed by atoms with Gasteiger partial charge in [0.2, 0.25) is 0 Å². The maximum Gasteiger partial charge on any atom is 0.200 e. The van der Waals surface area contributed by atoms with Crippen molar-refractivity contribution in [1.29, 1.82) is 0 Å². The summed E-state index contributed by atoms with van der Waals surface area (Å²) in [5, 5.41) is 3.26. The Labute approximate surface area is 89.6 Å². The van der Waals surface area contributed by atoms with Gasteiger partial charge in [-0.1, -0.05) is 18.2 Å². The molecule has 0 amide bonds. The highest BCUT2D eigenvalue weighted by Gasteiger charge is 2.01. The van der Waals surface area contributed by atoms with Crippen LogP contribution in [0.1, 0.15) is 16.7 Å². The second-order valence-electron chi connectivity index (χ2n) is 3.66. The fourth-order valence-electron chi connectivity index (χ4n) is 1.66.